The standard InChI is InChI=1S/C16H26N8S/c1-17-15(22(2)10-14-19-12-20-23(14)3)18-7-6-13-11-25-16(21-13)24-8-4-5-9-24/h11-12H,4-10H2,1-3H3,(H,17,18). The van der Waals surface area contributed by atoms with Crippen LogP contribution in [-0.2, 0) is 20.0 Å². The van der Waals surface area contributed by atoms with Crippen LogP contribution in [0.4, 0.5) is 5.13 Å². The van der Waals surface area contributed by atoms with Gasteiger partial charge in [0.1, 0.15) is 12.2 Å². The van der Waals surface area contributed by atoms with Crippen LogP contribution in [0.5, 0.6) is 0 Å². The van der Waals surface area contributed by atoms with E-state index >= 15 is 0 Å². The molecule has 2 aromatic heterocycles. The van der Waals surface area contributed by atoms with Crippen molar-refractivity contribution in [1.82, 2.24) is 30.0 Å². The summed E-state index contributed by atoms with van der Waals surface area (Å²) in [6, 6.07) is 0. The third kappa shape index (κ3) is 4.47. The van der Waals surface area contributed by atoms with Gasteiger partial charge in [0.2, 0.25) is 0 Å². The second kappa shape index (κ2) is 8.28. The maximum absolute atomic E-state index is 4.76. The summed E-state index contributed by atoms with van der Waals surface area (Å²) in [6.07, 6.45) is 5.02. The Morgan fingerprint density at radius 1 is 1.40 bits per heavy atom. The summed E-state index contributed by atoms with van der Waals surface area (Å²) in [5.74, 6) is 1.75. The molecule has 3 rings (SSSR count). The Kier molecular flexibility index (Phi) is 5.85. The quantitative estimate of drug-likeness (QED) is 0.613. The van der Waals surface area contributed by atoms with Gasteiger partial charge in [0.05, 0.1) is 12.2 Å². The molecule has 0 aliphatic carbocycles. The number of guanidine groups is 1. The molecule has 1 N–H and O–H groups in total. The summed E-state index contributed by atoms with van der Waals surface area (Å²) in [4.78, 5) is 17.8. The minimum Gasteiger partial charge on any atom is -0.356 e. The lowest BCUT2D eigenvalue weighted by Crippen LogP contribution is -2.39. The summed E-state index contributed by atoms with van der Waals surface area (Å²) in [5, 5.41) is 10.8. The molecule has 25 heavy (non-hydrogen) atoms. The number of rotatable bonds is 6. The van der Waals surface area contributed by atoms with Gasteiger partial charge >= 0.3 is 0 Å². The van der Waals surface area contributed by atoms with E-state index in [0.29, 0.717) is 6.54 Å². The third-order valence-electron chi connectivity index (χ3n) is 4.34. The molecule has 0 aromatic carbocycles. The molecule has 0 spiro atoms. The molecule has 0 bridgehead atoms. The van der Waals surface area contributed by atoms with Crippen molar-refractivity contribution in [3.05, 3.63) is 23.2 Å². The number of thiazole rings is 1. The normalized spacial score (nSPS) is 15.0. The van der Waals surface area contributed by atoms with Crippen LogP contribution in [0, 0.1) is 0 Å². The zero-order chi connectivity index (χ0) is 17.6. The number of aryl methyl sites for hydroxylation is 1. The first-order valence-corrected chi connectivity index (χ1v) is 9.49. The van der Waals surface area contributed by atoms with Gasteiger partial charge in [-0.05, 0) is 12.8 Å². The minimum atomic E-state index is 0.659. The van der Waals surface area contributed by atoms with Gasteiger partial charge < -0.3 is 15.1 Å². The number of aliphatic imine (C=N–C) groups is 1. The minimum absolute atomic E-state index is 0.659. The Hall–Kier alpha value is -2.16. The largest absolute Gasteiger partial charge is 0.356 e. The Labute approximate surface area is 152 Å². The molecule has 0 radical (unpaired) electrons. The van der Waals surface area contributed by atoms with Crippen LogP contribution in [-0.4, -0.2) is 64.3 Å². The van der Waals surface area contributed by atoms with Gasteiger partial charge in [0.15, 0.2) is 11.1 Å². The molecule has 3 heterocycles. The fraction of sp³-hybridized carbons (Fsp3) is 0.625. The number of hydrogen-bond acceptors (Lipinski definition) is 6. The van der Waals surface area contributed by atoms with E-state index in [1.165, 1.54) is 12.8 Å². The lowest BCUT2D eigenvalue weighted by atomic mass is 10.3. The summed E-state index contributed by atoms with van der Waals surface area (Å²) >= 11 is 1.75. The second-order valence-electron chi connectivity index (χ2n) is 6.20. The van der Waals surface area contributed by atoms with E-state index in [1.54, 1.807) is 29.4 Å². The van der Waals surface area contributed by atoms with E-state index in [1.807, 2.05) is 19.0 Å². The fourth-order valence-corrected chi connectivity index (χ4v) is 3.82. The van der Waals surface area contributed by atoms with E-state index in [9.17, 15) is 0 Å². The van der Waals surface area contributed by atoms with Gasteiger partial charge in [-0.3, -0.25) is 9.67 Å². The van der Waals surface area contributed by atoms with Crippen molar-refractivity contribution in [2.45, 2.75) is 25.8 Å². The van der Waals surface area contributed by atoms with Crippen molar-refractivity contribution < 1.29 is 0 Å². The Balaban J connectivity index is 1.47. The molecule has 2 aromatic rings. The summed E-state index contributed by atoms with van der Waals surface area (Å²) in [5.41, 5.74) is 1.14. The Morgan fingerprint density at radius 2 is 2.20 bits per heavy atom. The number of hydrogen-bond donors (Lipinski definition) is 1. The van der Waals surface area contributed by atoms with Crippen molar-refractivity contribution >= 4 is 22.4 Å². The molecule has 9 heteroatoms. The van der Waals surface area contributed by atoms with Crippen LogP contribution in [0.1, 0.15) is 24.4 Å². The summed E-state index contributed by atoms with van der Waals surface area (Å²) in [7, 11) is 5.69. The van der Waals surface area contributed by atoms with Gasteiger partial charge in [-0.25, -0.2) is 9.97 Å². The molecule has 136 valence electrons. The fourth-order valence-electron chi connectivity index (χ4n) is 2.90. The average Bonchev–Trinajstić information content (AvgIpc) is 3.34. The maximum Gasteiger partial charge on any atom is 0.193 e. The van der Waals surface area contributed by atoms with Crippen molar-refractivity contribution in [3.8, 4) is 0 Å². The molecule has 8 nitrogen and oxygen atoms in total. The van der Waals surface area contributed by atoms with Crippen molar-refractivity contribution in [2.75, 3.05) is 38.6 Å². The molecule has 0 atom stereocenters. The summed E-state index contributed by atoms with van der Waals surface area (Å²) < 4.78 is 1.78. The van der Waals surface area contributed by atoms with Crippen molar-refractivity contribution in [3.63, 3.8) is 0 Å². The highest BCUT2D eigenvalue weighted by Gasteiger charge is 2.15. The third-order valence-corrected chi connectivity index (χ3v) is 5.29. The predicted octanol–water partition coefficient (Wildman–Crippen LogP) is 1.12. The number of aromatic nitrogens is 4. The van der Waals surface area contributed by atoms with Crippen LogP contribution < -0.4 is 10.2 Å². The SMILES string of the molecule is CN=C(NCCc1csc(N2CCCC2)n1)N(C)Cc1ncnn1C. The Morgan fingerprint density at radius 3 is 2.88 bits per heavy atom. The van der Waals surface area contributed by atoms with Crippen LogP contribution in [0.15, 0.2) is 16.7 Å². The Bertz CT molecular complexity index is 701. The summed E-state index contributed by atoms with van der Waals surface area (Å²) in [6.45, 7) is 3.75. The number of nitrogens with zero attached hydrogens (tertiary/aromatic N) is 7. The van der Waals surface area contributed by atoms with Gasteiger partial charge in [-0.1, -0.05) is 0 Å². The highest BCUT2D eigenvalue weighted by Crippen LogP contribution is 2.24. The topological polar surface area (TPSA) is 74.5 Å². The van der Waals surface area contributed by atoms with Gasteiger partial charge in [0.25, 0.3) is 0 Å². The van der Waals surface area contributed by atoms with E-state index in [-0.39, 0.29) is 0 Å². The predicted molar refractivity (Wildman–Crippen MR) is 101 cm³/mol. The molecular weight excluding hydrogens is 336 g/mol. The van der Waals surface area contributed by atoms with E-state index in [0.717, 1.165) is 48.7 Å². The van der Waals surface area contributed by atoms with Crippen molar-refractivity contribution in [1.29, 1.82) is 0 Å². The molecule has 1 aliphatic heterocycles. The smallest absolute Gasteiger partial charge is 0.193 e. The van der Waals surface area contributed by atoms with E-state index in [4.69, 9.17) is 4.98 Å². The molecule has 1 aliphatic rings. The molecule has 0 unspecified atom stereocenters. The molecule has 0 amide bonds. The average molecular weight is 363 g/mol. The van der Waals surface area contributed by atoms with Crippen molar-refractivity contribution in [2.24, 2.45) is 12.0 Å². The lowest BCUT2D eigenvalue weighted by molar-refractivity contribution is 0.449. The number of nitrogens with one attached hydrogen (secondary N) is 1. The highest BCUT2D eigenvalue weighted by atomic mass is 32.1. The van der Waals surface area contributed by atoms with E-state index in [2.05, 4.69) is 30.7 Å². The first-order valence-electron chi connectivity index (χ1n) is 8.61. The first-order chi connectivity index (χ1) is 12.2. The highest BCUT2D eigenvalue weighted by molar-refractivity contribution is 7.13. The van der Waals surface area contributed by atoms with Crippen LogP contribution >= 0.6 is 11.3 Å². The monoisotopic (exact) mass is 362 g/mol. The van der Waals surface area contributed by atoms with Crippen LogP contribution in [0.25, 0.3) is 0 Å². The van der Waals surface area contributed by atoms with Gasteiger partial charge in [-0.2, -0.15) is 5.10 Å². The van der Waals surface area contributed by atoms with E-state index < -0.39 is 0 Å². The van der Waals surface area contributed by atoms with Gasteiger partial charge in [-0.15, -0.1) is 11.3 Å². The molecule has 1 fully saturated rings. The second-order valence-corrected chi connectivity index (χ2v) is 7.03. The zero-order valence-electron chi connectivity index (χ0n) is 15.1. The molecular formula is C16H26N8S. The first kappa shape index (κ1) is 17.7. The molecule has 0 saturated carbocycles. The lowest BCUT2D eigenvalue weighted by Gasteiger charge is -2.21. The number of anilines is 1. The molecule has 1 saturated heterocycles. The van der Waals surface area contributed by atoms with Crippen LogP contribution in [0.3, 0.4) is 0 Å². The van der Waals surface area contributed by atoms with Gasteiger partial charge in [0, 0.05) is 52.6 Å². The van der Waals surface area contributed by atoms with Crippen LogP contribution in [0.2, 0.25) is 0 Å². The zero-order valence-corrected chi connectivity index (χ0v) is 16.0. The maximum atomic E-state index is 4.76.